The molecule has 0 aliphatic carbocycles. The molecule has 1 heterocycles. The Morgan fingerprint density at radius 2 is 2.00 bits per heavy atom. The van der Waals surface area contributed by atoms with Crippen LogP contribution in [-0.4, -0.2) is 9.49 Å². The Morgan fingerprint density at radius 1 is 1.19 bits per heavy atom. The molecule has 0 saturated carbocycles. The van der Waals surface area contributed by atoms with Gasteiger partial charge in [-0.1, -0.05) is 6.07 Å². The SMILES string of the molecule is O=[N+]([O-])c1ccc2ccn(Cc3ccc(F)c(Br)c3)c2c1. The van der Waals surface area contributed by atoms with Crippen LogP contribution < -0.4 is 0 Å². The van der Waals surface area contributed by atoms with E-state index in [1.165, 1.54) is 12.1 Å². The largest absolute Gasteiger partial charge is 0.343 e. The predicted octanol–water partition coefficient (Wildman–Crippen LogP) is 4.50. The third-order valence-corrected chi connectivity index (χ3v) is 3.91. The zero-order chi connectivity index (χ0) is 15.0. The third-order valence-electron chi connectivity index (χ3n) is 3.31. The van der Waals surface area contributed by atoms with Gasteiger partial charge >= 0.3 is 0 Å². The van der Waals surface area contributed by atoms with Crippen molar-refractivity contribution in [1.29, 1.82) is 0 Å². The second-order valence-corrected chi connectivity index (χ2v) is 5.55. The van der Waals surface area contributed by atoms with Crippen molar-refractivity contribution >= 4 is 32.5 Å². The molecular formula is C15H10BrFN2O2. The van der Waals surface area contributed by atoms with Crippen LogP contribution in [-0.2, 0) is 6.54 Å². The fraction of sp³-hybridized carbons (Fsp3) is 0.0667. The number of halogens is 2. The van der Waals surface area contributed by atoms with E-state index in [4.69, 9.17) is 0 Å². The first-order valence-electron chi connectivity index (χ1n) is 6.22. The standard InChI is InChI=1S/C15H10BrFN2O2/c16-13-7-10(1-4-14(13)17)9-18-6-5-11-2-3-12(19(20)21)8-15(11)18/h1-8H,9H2. The van der Waals surface area contributed by atoms with E-state index in [-0.39, 0.29) is 11.5 Å². The lowest BCUT2D eigenvalue weighted by atomic mass is 10.2. The number of rotatable bonds is 3. The van der Waals surface area contributed by atoms with Gasteiger partial charge in [-0.3, -0.25) is 10.1 Å². The van der Waals surface area contributed by atoms with Crippen LogP contribution in [0.5, 0.6) is 0 Å². The number of nitro groups is 1. The highest BCUT2D eigenvalue weighted by Gasteiger charge is 2.10. The molecule has 0 aliphatic rings. The number of aromatic nitrogens is 1. The summed E-state index contributed by atoms with van der Waals surface area (Å²) in [5, 5.41) is 11.8. The topological polar surface area (TPSA) is 48.1 Å². The molecule has 0 unspecified atom stereocenters. The molecule has 0 atom stereocenters. The Balaban J connectivity index is 2.01. The summed E-state index contributed by atoms with van der Waals surface area (Å²) in [5.74, 6) is -0.313. The lowest BCUT2D eigenvalue weighted by Crippen LogP contribution is -1.99. The van der Waals surface area contributed by atoms with Crippen LogP contribution in [0, 0.1) is 15.9 Å². The van der Waals surface area contributed by atoms with Gasteiger partial charge in [0.1, 0.15) is 5.82 Å². The quantitative estimate of drug-likeness (QED) is 0.516. The molecule has 21 heavy (non-hydrogen) atoms. The Kier molecular flexibility index (Phi) is 3.47. The van der Waals surface area contributed by atoms with E-state index in [1.807, 2.05) is 16.8 Å². The average molecular weight is 349 g/mol. The monoisotopic (exact) mass is 348 g/mol. The van der Waals surface area contributed by atoms with Crippen molar-refractivity contribution < 1.29 is 9.31 Å². The van der Waals surface area contributed by atoms with Crippen molar-refractivity contribution in [1.82, 2.24) is 4.57 Å². The van der Waals surface area contributed by atoms with Gasteiger partial charge < -0.3 is 4.57 Å². The van der Waals surface area contributed by atoms with Crippen molar-refractivity contribution in [2.24, 2.45) is 0 Å². The van der Waals surface area contributed by atoms with Gasteiger partial charge in [0.2, 0.25) is 0 Å². The molecule has 2 aromatic carbocycles. The average Bonchev–Trinajstić information content (AvgIpc) is 2.85. The number of nitrogens with zero attached hydrogens (tertiary/aromatic N) is 2. The van der Waals surface area contributed by atoms with Gasteiger partial charge in [0.25, 0.3) is 5.69 Å². The van der Waals surface area contributed by atoms with Crippen molar-refractivity contribution in [3.63, 3.8) is 0 Å². The predicted molar refractivity (Wildman–Crippen MR) is 81.8 cm³/mol. The van der Waals surface area contributed by atoms with E-state index in [0.717, 1.165) is 16.5 Å². The zero-order valence-corrected chi connectivity index (χ0v) is 12.4. The highest BCUT2D eigenvalue weighted by Crippen LogP contribution is 2.24. The number of hydrogen-bond donors (Lipinski definition) is 0. The lowest BCUT2D eigenvalue weighted by Gasteiger charge is -2.06. The van der Waals surface area contributed by atoms with E-state index in [1.54, 1.807) is 24.3 Å². The summed E-state index contributed by atoms with van der Waals surface area (Å²) in [6.07, 6.45) is 1.87. The molecule has 0 fully saturated rings. The van der Waals surface area contributed by atoms with E-state index in [9.17, 15) is 14.5 Å². The normalized spacial score (nSPS) is 11.0. The first kappa shape index (κ1) is 13.8. The third kappa shape index (κ3) is 2.67. The highest BCUT2D eigenvalue weighted by molar-refractivity contribution is 9.10. The second kappa shape index (κ2) is 5.29. The van der Waals surface area contributed by atoms with Crippen LogP contribution in [0.4, 0.5) is 10.1 Å². The Bertz CT molecular complexity index is 845. The van der Waals surface area contributed by atoms with Crippen LogP contribution in [0.3, 0.4) is 0 Å². The van der Waals surface area contributed by atoms with Crippen LogP contribution in [0.15, 0.2) is 53.1 Å². The molecule has 0 aliphatic heterocycles. The van der Waals surface area contributed by atoms with Gasteiger partial charge in [-0.15, -0.1) is 0 Å². The number of hydrogen-bond acceptors (Lipinski definition) is 2. The van der Waals surface area contributed by atoms with Crippen LogP contribution in [0.2, 0.25) is 0 Å². The Hall–Kier alpha value is -2.21. The molecule has 1 aromatic heterocycles. The summed E-state index contributed by atoms with van der Waals surface area (Å²) in [7, 11) is 0. The number of benzene rings is 2. The van der Waals surface area contributed by atoms with Crippen LogP contribution in [0.1, 0.15) is 5.56 Å². The molecule has 0 amide bonds. The van der Waals surface area contributed by atoms with Gasteiger partial charge in [-0.05, 0) is 45.8 Å². The molecular weight excluding hydrogens is 339 g/mol. The first-order valence-corrected chi connectivity index (χ1v) is 7.01. The summed E-state index contributed by atoms with van der Waals surface area (Å²) < 4.78 is 15.6. The highest BCUT2D eigenvalue weighted by atomic mass is 79.9. The van der Waals surface area contributed by atoms with E-state index >= 15 is 0 Å². The first-order chi connectivity index (χ1) is 10.0. The minimum Gasteiger partial charge on any atom is -0.343 e. The molecule has 3 rings (SSSR count). The van der Waals surface area contributed by atoms with Gasteiger partial charge in [0.05, 0.1) is 14.9 Å². The van der Waals surface area contributed by atoms with E-state index in [0.29, 0.717) is 11.0 Å². The van der Waals surface area contributed by atoms with Crippen molar-refractivity contribution in [2.75, 3.05) is 0 Å². The van der Waals surface area contributed by atoms with Gasteiger partial charge in [0.15, 0.2) is 0 Å². The molecule has 6 heteroatoms. The lowest BCUT2D eigenvalue weighted by molar-refractivity contribution is -0.384. The summed E-state index contributed by atoms with van der Waals surface area (Å²) in [6.45, 7) is 0.517. The van der Waals surface area contributed by atoms with E-state index in [2.05, 4.69) is 15.9 Å². The van der Waals surface area contributed by atoms with Gasteiger partial charge in [0, 0.05) is 30.3 Å². The smallest absolute Gasteiger partial charge is 0.271 e. The molecule has 106 valence electrons. The maximum absolute atomic E-state index is 13.2. The number of fused-ring (bicyclic) bond motifs is 1. The molecule has 0 spiro atoms. The second-order valence-electron chi connectivity index (χ2n) is 4.69. The molecule has 3 aromatic rings. The molecule has 0 radical (unpaired) electrons. The van der Waals surface area contributed by atoms with Crippen LogP contribution in [0.25, 0.3) is 10.9 Å². The van der Waals surface area contributed by atoms with E-state index < -0.39 is 4.92 Å². The maximum atomic E-state index is 13.2. The summed E-state index contributed by atoms with van der Waals surface area (Å²) in [6, 6.07) is 11.5. The van der Waals surface area contributed by atoms with Crippen molar-refractivity contribution in [3.8, 4) is 0 Å². The minimum atomic E-state index is -0.411. The van der Waals surface area contributed by atoms with Crippen LogP contribution >= 0.6 is 15.9 Å². The molecule has 0 saturated heterocycles. The summed E-state index contributed by atoms with van der Waals surface area (Å²) in [4.78, 5) is 10.5. The maximum Gasteiger partial charge on any atom is 0.271 e. The molecule has 0 bridgehead atoms. The van der Waals surface area contributed by atoms with Crippen molar-refractivity contribution in [3.05, 3.63) is 74.6 Å². The van der Waals surface area contributed by atoms with Gasteiger partial charge in [-0.2, -0.15) is 0 Å². The number of nitro benzene ring substituents is 1. The zero-order valence-electron chi connectivity index (χ0n) is 10.8. The Morgan fingerprint density at radius 3 is 2.71 bits per heavy atom. The summed E-state index contributed by atoms with van der Waals surface area (Å²) in [5.41, 5.74) is 1.75. The molecule has 4 nitrogen and oxygen atoms in total. The fourth-order valence-electron chi connectivity index (χ4n) is 2.26. The minimum absolute atomic E-state index is 0.0581. The van der Waals surface area contributed by atoms with Gasteiger partial charge in [-0.25, -0.2) is 4.39 Å². The van der Waals surface area contributed by atoms with Crippen molar-refractivity contribution in [2.45, 2.75) is 6.54 Å². The fourth-order valence-corrected chi connectivity index (χ4v) is 2.68. The summed E-state index contributed by atoms with van der Waals surface area (Å²) >= 11 is 3.16. The molecule has 0 N–H and O–H groups in total. The number of non-ortho nitro benzene ring substituents is 1. The Labute approximate surface area is 128 Å².